The number of pyridine rings is 1. The summed E-state index contributed by atoms with van der Waals surface area (Å²) in [6.45, 7) is 0.951. The van der Waals surface area contributed by atoms with Gasteiger partial charge < -0.3 is 16.4 Å². The second kappa shape index (κ2) is 5.28. The number of nitrogens with one attached hydrogen (secondary N) is 2. The fourth-order valence-corrected chi connectivity index (χ4v) is 1.90. The Bertz CT molecular complexity index is 640. The number of anilines is 2. The second-order valence-corrected chi connectivity index (χ2v) is 4.93. The first kappa shape index (κ1) is 12.6. The van der Waals surface area contributed by atoms with Crippen molar-refractivity contribution in [3.63, 3.8) is 0 Å². The topological polar surface area (TPSA) is 106 Å². The summed E-state index contributed by atoms with van der Waals surface area (Å²) in [4.78, 5) is 24.0. The van der Waals surface area contributed by atoms with Crippen molar-refractivity contribution in [2.45, 2.75) is 12.8 Å². The highest BCUT2D eigenvalue weighted by Gasteiger charge is 2.21. The van der Waals surface area contributed by atoms with Crippen molar-refractivity contribution in [2.24, 2.45) is 5.92 Å². The molecule has 2 aromatic heterocycles. The third-order valence-electron chi connectivity index (χ3n) is 3.22. The first-order chi connectivity index (χ1) is 9.72. The van der Waals surface area contributed by atoms with Gasteiger partial charge in [-0.2, -0.15) is 0 Å². The monoisotopic (exact) mass is 272 g/mol. The number of nitrogen functional groups attached to an aromatic ring is 1. The molecule has 20 heavy (non-hydrogen) atoms. The standard InChI is InChI=1S/C13H16N6O/c14-10-4-3-9-12(17-7-18-13(9)19-10)16-6-11(20)15-5-8-1-2-8/h3-4,7-8H,1-2,5-6H2,(H,15,20)(H3,14,16,17,18,19). The number of carbonyl (C=O) groups is 1. The number of fused-ring (bicyclic) bond motifs is 1. The van der Waals surface area contributed by atoms with E-state index in [0.717, 1.165) is 11.9 Å². The van der Waals surface area contributed by atoms with Gasteiger partial charge in [0.05, 0.1) is 11.9 Å². The number of hydrogen-bond donors (Lipinski definition) is 3. The van der Waals surface area contributed by atoms with Gasteiger partial charge in [0, 0.05) is 6.54 Å². The highest BCUT2D eigenvalue weighted by Crippen LogP contribution is 2.27. The highest BCUT2D eigenvalue weighted by atomic mass is 16.1. The molecule has 0 radical (unpaired) electrons. The largest absolute Gasteiger partial charge is 0.384 e. The van der Waals surface area contributed by atoms with Crippen molar-refractivity contribution < 1.29 is 4.79 Å². The van der Waals surface area contributed by atoms with Crippen molar-refractivity contribution in [2.75, 3.05) is 24.1 Å². The molecule has 1 fully saturated rings. The first-order valence-corrected chi connectivity index (χ1v) is 6.60. The molecular formula is C13H16N6O. The molecule has 0 aromatic carbocycles. The third kappa shape index (κ3) is 2.93. The van der Waals surface area contributed by atoms with E-state index in [1.807, 2.05) is 0 Å². The molecule has 2 heterocycles. The fraction of sp³-hybridized carbons (Fsp3) is 0.385. The Morgan fingerprint density at radius 1 is 1.35 bits per heavy atom. The van der Waals surface area contributed by atoms with Crippen LogP contribution in [-0.2, 0) is 4.79 Å². The summed E-state index contributed by atoms with van der Waals surface area (Å²) in [5, 5.41) is 6.65. The average Bonchev–Trinajstić information content (AvgIpc) is 3.26. The molecule has 4 N–H and O–H groups in total. The summed E-state index contributed by atoms with van der Waals surface area (Å²) in [6.07, 6.45) is 3.84. The quantitative estimate of drug-likeness (QED) is 0.733. The molecule has 7 nitrogen and oxygen atoms in total. The van der Waals surface area contributed by atoms with Gasteiger partial charge >= 0.3 is 0 Å². The maximum absolute atomic E-state index is 11.7. The molecule has 7 heteroatoms. The number of carbonyl (C=O) groups excluding carboxylic acids is 1. The van der Waals surface area contributed by atoms with Crippen molar-refractivity contribution in [1.82, 2.24) is 20.3 Å². The molecule has 1 saturated carbocycles. The van der Waals surface area contributed by atoms with E-state index < -0.39 is 0 Å². The Labute approximate surface area is 116 Å². The van der Waals surface area contributed by atoms with Gasteiger partial charge in [-0.05, 0) is 30.9 Å². The van der Waals surface area contributed by atoms with Crippen LogP contribution in [0.1, 0.15) is 12.8 Å². The van der Waals surface area contributed by atoms with E-state index >= 15 is 0 Å². The number of rotatable bonds is 5. The van der Waals surface area contributed by atoms with E-state index in [0.29, 0.717) is 23.2 Å². The van der Waals surface area contributed by atoms with Gasteiger partial charge in [0.1, 0.15) is 18.0 Å². The van der Waals surface area contributed by atoms with Crippen LogP contribution in [0.15, 0.2) is 18.5 Å². The lowest BCUT2D eigenvalue weighted by molar-refractivity contribution is -0.119. The van der Waals surface area contributed by atoms with Gasteiger partial charge in [-0.3, -0.25) is 4.79 Å². The summed E-state index contributed by atoms with van der Waals surface area (Å²) in [7, 11) is 0. The molecular weight excluding hydrogens is 256 g/mol. The number of aromatic nitrogens is 3. The van der Waals surface area contributed by atoms with E-state index in [4.69, 9.17) is 5.73 Å². The predicted octanol–water partition coefficient (Wildman–Crippen LogP) is 0.545. The number of nitrogens with two attached hydrogens (primary N) is 1. The first-order valence-electron chi connectivity index (χ1n) is 6.60. The lowest BCUT2D eigenvalue weighted by atomic mass is 10.3. The Morgan fingerprint density at radius 2 is 2.20 bits per heavy atom. The van der Waals surface area contributed by atoms with Crippen molar-refractivity contribution in [3.05, 3.63) is 18.5 Å². The van der Waals surface area contributed by atoms with Gasteiger partial charge in [-0.15, -0.1) is 0 Å². The van der Waals surface area contributed by atoms with Crippen LogP contribution >= 0.6 is 0 Å². The van der Waals surface area contributed by atoms with Gasteiger partial charge in [-0.25, -0.2) is 15.0 Å². The molecule has 0 bridgehead atoms. The molecule has 0 unspecified atom stereocenters. The average molecular weight is 272 g/mol. The van der Waals surface area contributed by atoms with E-state index in [2.05, 4.69) is 25.6 Å². The Morgan fingerprint density at radius 3 is 3.00 bits per heavy atom. The Balaban J connectivity index is 1.65. The zero-order chi connectivity index (χ0) is 13.9. The van der Waals surface area contributed by atoms with Crippen molar-refractivity contribution in [1.29, 1.82) is 0 Å². The van der Waals surface area contributed by atoms with Crippen LogP contribution in [0.5, 0.6) is 0 Å². The molecule has 2 aromatic rings. The minimum Gasteiger partial charge on any atom is -0.384 e. The maximum atomic E-state index is 11.7. The lowest BCUT2D eigenvalue weighted by Crippen LogP contribution is -2.31. The number of hydrogen-bond acceptors (Lipinski definition) is 6. The zero-order valence-electron chi connectivity index (χ0n) is 11.0. The van der Waals surface area contributed by atoms with E-state index in [-0.39, 0.29) is 12.5 Å². The van der Waals surface area contributed by atoms with E-state index in [9.17, 15) is 4.79 Å². The molecule has 1 amide bonds. The second-order valence-electron chi connectivity index (χ2n) is 4.93. The Hall–Kier alpha value is -2.44. The molecule has 0 saturated heterocycles. The maximum Gasteiger partial charge on any atom is 0.239 e. The van der Waals surface area contributed by atoms with Gasteiger partial charge in [0.15, 0.2) is 5.65 Å². The summed E-state index contributed by atoms with van der Waals surface area (Å²) in [5.74, 6) is 1.63. The molecule has 3 rings (SSSR count). The highest BCUT2D eigenvalue weighted by molar-refractivity contribution is 5.89. The van der Waals surface area contributed by atoms with Crippen LogP contribution in [0.4, 0.5) is 11.6 Å². The van der Waals surface area contributed by atoms with Crippen LogP contribution in [0.3, 0.4) is 0 Å². The SMILES string of the molecule is Nc1ccc2c(NCC(=O)NCC3CC3)ncnc2n1. The van der Waals surface area contributed by atoms with E-state index in [1.165, 1.54) is 19.2 Å². The molecule has 0 spiro atoms. The molecule has 0 atom stereocenters. The summed E-state index contributed by atoms with van der Waals surface area (Å²) in [5.41, 5.74) is 6.13. The van der Waals surface area contributed by atoms with Gasteiger partial charge in [0.2, 0.25) is 5.91 Å². The lowest BCUT2D eigenvalue weighted by Gasteiger charge is -2.08. The van der Waals surface area contributed by atoms with Gasteiger partial charge in [0.25, 0.3) is 0 Å². The van der Waals surface area contributed by atoms with E-state index in [1.54, 1.807) is 12.1 Å². The zero-order valence-corrected chi connectivity index (χ0v) is 11.0. The van der Waals surface area contributed by atoms with Gasteiger partial charge in [-0.1, -0.05) is 0 Å². The third-order valence-corrected chi connectivity index (χ3v) is 3.22. The predicted molar refractivity (Wildman–Crippen MR) is 76.0 cm³/mol. The summed E-state index contributed by atoms with van der Waals surface area (Å²) < 4.78 is 0. The van der Waals surface area contributed by atoms with Crippen LogP contribution in [0.25, 0.3) is 11.0 Å². The van der Waals surface area contributed by atoms with Crippen LogP contribution in [0.2, 0.25) is 0 Å². The summed E-state index contributed by atoms with van der Waals surface area (Å²) in [6, 6.07) is 3.48. The Kier molecular flexibility index (Phi) is 3.32. The number of amides is 1. The number of nitrogens with zero attached hydrogens (tertiary/aromatic N) is 3. The van der Waals surface area contributed by atoms with Crippen molar-refractivity contribution >= 4 is 28.6 Å². The minimum atomic E-state index is -0.0351. The van der Waals surface area contributed by atoms with Crippen LogP contribution < -0.4 is 16.4 Å². The smallest absolute Gasteiger partial charge is 0.239 e. The molecule has 1 aliphatic carbocycles. The normalized spacial score (nSPS) is 14.2. The minimum absolute atomic E-state index is 0.0351. The molecule has 104 valence electrons. The van der Waals surface area contributed by atoms with Crippen molar-refractivity contribution in [3.8, 4) is 0 Å². The molecule has 0 aliphatic heterocycles. The van der Waals surface area contributed by atoms with Crippen LogP contribution in [0, 0.1) is 5.92 Å². The summed E-state index contributed by atoms with van der Waals surface area (Å²) >= 11 is 0. The molecule has 1 aliphatic rings. The fourth-order valence-electron chi connectivity index (χ4n) is 1.90. The van der Waals surface area contributed by atoms with Crippen LogP contribution in [-0.4, -0.2) is 33.9 Å².